The number of aliphatic hydroxyl groups is 1. The van der Waals surface area contributed by atoms with E-state index in [4.69, 9.17) is 0 Å². The van der Waals surface area contributed by atoms with Crippen LogP contribution in [0.5, 0.6) is 0 Å². The minimum atomic E-state index is -0.290. The van der Waals surface area contributed by atoms with Gasteiger partial charge in [0.25, 0.3) is 0 Å². The summed E-state index contributed by atoms with van der Waals surface area (Å²) in [7, 11) is 1.86. The molecule has 0 aliphatic carbocycles. The third-order valence-electron chi connectivity index (χ3n) is 2.13. The molecule has 68 valence electrons. The Kier molecular flexibility index (Phi) is 2.81. The number of hydrogen-bond acceptors (Lipinski definition) is 3. The smallest absolute Gasteiger partial charge is 0.138 e. The molecule has 0 fully saturated rings. The van der Waals surface area contributed by atoms with Crippen molar-refractivity contribution in [2.24, 2.45) is 13.0 Å². The summed E-state index contributed by atoms with van der Waals surface area (Å²) in [6.07, 6.45) is 2.01. The molecule has 0 spiro atoms. The van der Waals surface area contributed by atoms with E-state index in [2.05, 4.69) is 10.1 Å². The zero-order chi connectivity index (χ0) is 9.14. The lowest BCUT2D eigenvalue weighted by Gasteiger charge is -2.12. The lowest BCUT2D eigenvalue weighted by atomic mass is 10.0. The van der Waals surface area contributed by atoms with Crippen LogP contribution in [0, 0.1) is 5.92 Å². The second-order valence-electron chi connectivity index (χ2n) is 3.22. The first-order chi connectivity index (χ1) is 5.61. The van der Waals surface area contributed by atoms with Crippen molar-refractivity contribution in [2.75, 3.05) is 0 Å². The SMILES string of the molecule is CC(O)C(C)Cc1ncnn1C. The Morgan fingerprint density at radius 3 is 2.67 bits per heavy atom. The fourth-order valence-corrected chi connectivity index (χ4v) is 0.963. The highest BCUT2D eigenvalue weighted by molar-refractivity contribution is 4.86. The Balaban J connectivity index is 2.58. The van der Waals surface area contributed by atoms with E-state index in [-0.39, 0.29) is 12.0 Å². The Bertz CT molecular complexity index is 244. The van der Waals surface area contributed by atoms with Gasteiger partial charge in [-0.1, -0.05) is 6.92 Å². The van der Waals surface area contributed by atoms with Crippen molar-refractivity contribution in [1.29, 1.82) is 0 Å². The first kappa shape index (κ1) is 9.19. The van der Waals surface area contributed by atoms with Gasteiger partial charge in [-0.3, -0.25) is 4.68 Å². The van der Waals surface area contributed by atoms with Crippen molar-refractivity contribution in [3.05, 3.63) is 12.2 Å². The molecule has 4 nitrogen and oxygen atoms in total. The van der Waals surface area contributed by atoms with Gasteiger partial charge in [0.05, 0.1) is 6.10 Å². The molecule has 1 N–H and O–H groups in total. The van der Waals surface area contributed by atoms with Crippen molar-refractivity contribution in [2.45, 2.75) is 26.4 Å². The molecule has 0 aliphatic rings. The first-order valence-corrected chi connectivity index (χ1v) is 4.12. The van der Waals surface area contributed by atoms with E-state index < -0.39 is 0 Å². The van der Waals surface area contributed by atoms with Crippen LogP contribution in [0.1, 0.15) is 19.7 Å². The van der Waals surface area contributed by atoms with Crippen molar-refractivity contribution < 1.29 is 5.11 Å². The van der Waals surface area contributed by atoms with Gasteiger partial charge in [0.2, 0.25) is 0 Å². The molecule has 0 aromatic carbocycles. The molecule has 0 saturated heterocycles. The molecule has 4 heteroatoms. The Hall–Kier alpha value is -0.900. The molecule has 1 aromatic heterocycles. The number of rotatable bonds is 3. The summed E-state index contributed by atoms with van der Waals surface area (Å²) < 4.78 is 1.74. The van der Waals surface area contributed by atoms with Gasteiger partial charge in [0.15, 0.2) is 0 Å². The Labute approximate surface area is 72.2 Å². The maximum atomic E-state index is 9.25. The highest BCUT2D eigenvalue weighted by Gasteiger charge is 2.12. The van der Waals surface area contributed by atoms with E-state index >= 15 is 0 Å². The van der Waals surface area contributed by atoms with Crippen LogP contribution in [0.4, 0.5) is 0 Å². The zero-order valence-electron chi connectivity index (χ0n) is 7.73. The topological polar surface area (TPSA) is 50.9 Å². The van der Waals surface area contributed by atoms with Crippen molar-refractivity contribution >= 4 is 0 Å². The molecule has 2 atom stereocenters. The summed E-state index contributed by atoms with van der Waals surface area (Å²) in [5.41, 5.74) is 0. The highest BCUT2D eigenvalue weighted by atomic mass is 16.3. The molecule has 1 rings (SSSR count). The van der Waals surface area contributed by atoms with Gasteiger partial charge >= 0.3 is 0 Å². The van der Waals surface area contributed by atoms with E-state index in [0.717, 1.165) is 12.2 Å². The summed E-state index contributed by atoms with van der Waals surface area (Å²) in [5, 5.41) is 13.2. The molecule has 0 bridgehead atoms. The summed E-state index contributed by atoms with van der Waals surface area (Å²) in [6, 6.07) is 0. The van der Waals surface area contributed by atoms with E-state index in [1.165, 1.54) is 6.33 Å². The molecule has 0 aliphatic heterocycles. The summed E-state index contributed by atoms with van der Waals surface area (Å²) in [5.74, 6) is 1.15. The molecule has 0 amide bonds. The number of aliphatic hydroxyl groups excluding tert-OH is 1. The van der Waals surface area contributed by atoms with Gasteiger partial charge in [0, 0.05) is 13.5 Å². The number of aryl methyl sites for hydroxylation is 1. The number of nitrogens with zero attached hydrogens (tertiary/aromatic N) is 3. The molecule has 0 radical (unpaired) electrons. The van der Waals surface area contributed by atoms with Crippen molar-refractivity contribution in [3.8, 4) is 0 Å². The van der Waals surface area contributed by atoms with Crippen LogP contribution < -0.4 is 0 Å². The lowest BCUT2D eigenvalue weighted by Crippen LogP contribution is -2.17. The van der Waals surface area contributed by atoms with Crippen LogP contribution >= 0.6 is 0 Å². The fraction of sp³-hybridized carbons (Fsp3) is 0.750. The van der Waals surface area contributed by atoms with E-state index in [9.17, 15) is 5.11 Å². The average molecular weight is 169 g/mol. The van der Waals surface area contributed by atoms with Crippen molar-refractivity contribution in [1.82, 2.24) is 14.8 Å². The molecular formula is C8H15N3O. The second kappa shape index (κ2) is 3.67. The predicted octanol–water partition coefficient (Wildman–Crippen LogP) is 0.374. The summed E-state index contributed by atoms with van der Waals surface area (Å²) in [6.45, 7) is 3.79. The third-order valence-corrected chi connectivity index (χ3v) is 2.13. The Morgan fingerprint density at radius 2 is 2.25 bits per heavy atom. The Morgan fingerprint density at radius 1 is 1.58 bits per heavy atom. The van der Waals surface area contributed by atoms with E-state index in [1.807, 2.05) is 14.0 Å². The quantitative estimate of drug-likeness (QED) is 0.711. The van der Waals surface area contributed by atoms with Gasteiger partial charge < -0.3 is 5.11 Å². The van der Waals surface area contributed by atoms with Gasteiger partial charge in [-0.15, -0.1) is 0 Å². The summed E-state index contributed by atoms with van der Waals surface area (Å²) in [4.78, 5) is 4.08. The molecule has 1 heterocycles. The van der Waals surface area contributed by atoms with E-state index in [1.54, 1.807) is 11.6 Å². The third kappa shape index (κ3) is 2.04. The molecule has 2 unspecified atom stereocenters. The maximum Gasteiger partial charge on any atom is 0.138 e. The molecular weight excluding hydrogens is 154 g/mol. The van der Waals surface area contributed by atoms with Crippen molar-refractivity contribution in [3.63, 3.8) is 0 Å². The van der Waals surface area contributed by atoms with Crippen LogP contribution in [-0.2, 0) is 13.5 Å². The largest absolute Gasteiger partial charge is 0.393 e. The molecule has 12 heavy (non-hydrogen) atoms. The minimum absolute atomic E-state index is 0.230. The van der Waals surface area contributed by atoms with Crippen LogP contribution in [0.15, 0.2) is 6.33 Å². The fourth-order valence-electron chi connectivity index (χ4n) is 0.963. The van der Waals surface area contributed by atoms with E-state index in [0.29, 0.717) is 0 Å². The molecule has 1 aromatic rings. The first-order valence-electron chi connectivity index (χ1n) is 4.12. The van der Waals surface area contributed by atoms with Crippen LogP contribution in [0.2, 0.25) is 0 Å². The monoisotopic (exact) mass is 169 g/mol. The van der Waals surface area contributed by atoms with Gasteiger partial charge in [-0.05, 0) is 12.8 Å². The maximum absolute atomic E-state index is 9.25. The molecule has 0 saturated carbocycles. The lowest BCUT2D eigenvalue weighted by molar-refractivity contribution is 0.133. The predicted molar refractivity (Wildman–Crippen MR) is 45.6 cm³/mol. The van der Waals surface area contributed by atoms with Crippen LogP contribution in [0.25, 0.3) is 0 Å². The summed E-state index contributed by atoms with van der Waals surface area (Å²) >= 11 is 0. The average Bonchev–Trinajstić information content (AvgIpc) is 2.36. The normalized spacial score (nSPS) is 16.0. The standard InChI is InChI=1S/C8H15N3O/c1-6(7(2)12)4-8-9-5-10-11(8)3/h5-7,12H,4H2,1-3H3. The second-order valence-corrected chi connectivity index (χ2v) is 3.22. The number of aromatic nitrogens is 3. The zero-order valence-corrected chi connectivity index (χ0v) is 7.73. The minimum Gasteiger partial charge on any atom is -0.393 e. The van der Waals surface area contributed by atoms with Gasteiger partial charge in [0.1, 0.15) is 12.2 Å². The van der Waals surface area contributed by atoms with Crippen LogP contribution in [-0.4, -0.2) is 26.0 Å². The van der Waals surface area contributed by atoms with Gasteiger partial charge in [-0.2, -0.15) is 5.10 Å². The van der Waals surface area contributed by atoms with Crippen LogP contribution in [0.3, 0.4) is 0 Å². The van der Waals surface area contributed by atoms with Gasteiger partial charge in [-0.25, -0.2) is 4.98 Å². The highest BCUT2D eigenvalue weighted by Crippen LogP contribution is 2.08. The number of hydrogen-bond donors (Lipinski definition) is 1.